The molecule has 1 saturated heterocycles. The Bertz CT molecular complexity index is 674. The Morgan fingerprint density at radius 3 is 2.59 bits per heavy atom. The van der Waals surface area contributed by atoms with Gasteiger partial charge < -0.3 is 19.4 Å². The van der Waals surface area contributed by atoms with Gasteiger partial charge in [-0.3, -0.25) is 14.5 Å². The predicted molar refractivity (Wildman–Crippen MR) is 103 cm³/mol. The van der Waals surface area contributed by atoms with E-state index in [4.69, 9.17) is 9.47 Å². The summed E-state index contributed by atoms with van der Waals surface area (Å²) < 4.78 is 12.4. The molecule has 1 saturated carbocycles. The summed E-state index contributed by atoms with van der Waals surface area (Å²) in [4.78, 5) is 27.1. The third-order valence-electron chi connectivity index (χ3n) is 5.43. The maximum Gasteiger partial charge on any atom is 0.240 e. The van der Waals surface area contributed by atoms with Crippen molar-refractivity contribution in [3.8, 4) is 5.75 Å². The number of ether oxygens (including phenoxy) is 2. The number of nitrogens with one attached hydrogen (secondary N) is 1. The molecule has 0 atom stereocenters. The summed E-state index contributed by atoms with van der Waals surface area (Å²) >= 11 is 0. The quantitative estimate of drug-likeness (QED) is 0.761. The summed E-state index contributed by atoms with van der Waals surface area (Å²) in [6.45, 7) is 3.88. The molecule has 0 unspecified atom stereocenters. The fourth-order valence-corrected chi connectivity index (χ4v) is 3.87. The van der Waals surface area contributed by atoms with Crippen LogP contribution < -0.4 is 15.5 Å². The fraction of sp³-hybridized carbons (Fsp3) is 0.700. The average Bonchev–Trinajstić information content (AvgIpc) is 2.93. The molecule has 150 valence electrons. The van der Waals surface area contributed by atoms with Gasteiger partial charge in [-0.1, -0.05) is 25.7 Å². The van der Waals surface area contributed by atoms with E-state index in [1.165, 1.54) is 32.8 Å². The Balaban J connectivity index is 1.71. The van der Waals surface area contributed by atoms with Crippen LogP contribution in [-0.4, -0.2) is 54.8 Å². The zero-order chi connectivity index (χ0) is 19.1. The Kier molecular flexibility index (Phi) is 7.29. The van der Waals surface area contributed by atoms with Crippen molar-refractivity contribution in [3.05, 3.63) is 28.2 Å². The number of methoxy groups -OCH3 is 1. The molecule has 0 radical (unpaired) electrons. The van der Waals surface area contributed by atoms with E-state index < -0.39 is 0 Å². The van der Waals surface area contributed by atoms with Gasteiger partial charge in [-0.25, -0.2) is 0 Å². The lowest BCUT2D eigenvalue weighted by atomic mass is 10.1. The van der Waals surface area contributed by atoms with Crippen LogP contribution in [0, 0.1) is 0 Å². The van der Waals surface area contributed by atoms with Crippen LogP contribution in [0.5, 0.6) is 5.75 Å². The molecule has 3 rings (SSSR count). The monoisotopic (exact) mass is 377 g/mol. The number of hydrogen-bond acceptors (Lipinski definition) is 5. The fourth-order valence-electron chi connectivity index (χ4n) is 3.87. The van der Waals surface area contributed by atoms with Gasteiger partial charge in [0.05, 0.1) is 26.5 Å². The van der Waals surface area contributed by atoms with Crippen molar-refractivity contribution in [2.45, 2.75) is 57.7 Å². The van der Waals surface area contributed by atoms with E-state index in [2.05, 4.69) is 10.2 Å². The van der Waals surface area contributed by atoms with Gasteiger partial charge >= 0.3 is 0 Å². The van der Waals surface area contributed by atoms with Gasteiger partial charge in [-0.05, 0) is 12.8 Å². The molecule has 2 heterocycles. The molecule has 1 aromatic rings. The summed E-state index contributed by atoms with van der Waals surface area (Å²) in [5.41, 5.74) is 0.680. The van der Waals surface area contributed by atoms with Crippen LogP contribution in [0.25, 0.3) is 0 Å². The molecule has 0 aromatic carbocycles. The number of carbonyl (C=O) groups excluding carboxylic acids is 1. The maximum atomic E-state index is 12.6. The molecule has 7 nitrogen and oxygen atoms in total. The van der Waals surface area contributed by atoms with Crippen LogP contribution in [-0.2, 0) is 22.6 Å². The molecule has 0 bridgehead atoms. The lowest BCUT2D eigenvalue weighted by Crippen LogP contribution is -2.39. The summed E-state index contributed by atoms with van der Waals surface area (Å²) in [5, 5.41) is 3.18. The number of carbonyl (C=O) groups is 1. The van der Waals surface area contributed by atoms with E-state index in [1.807, 2.05) is 4.57 Å². The maximum absolute atomic E-state index is 12.6. The van der Waals surface area contributed by atoms with E-state index >= 15 is 0 Å². The Morgan fingerprint density at radius 2 is 1.93 bits per heavy atom. The number of amides is 1. The van der Waals surface area contributed by atoms with Gasteiger partial charge in [-0.15, -0.1) is 0 Å². The minimum absolute atomic E-state index is 0.00386. The first-order chi connectivity index (χ1) is 13.2. The molecular formula is C20H31N3O4. The third-order valence-corrected chi connectivity index (χ3v) is 5.43. The SMILES string of the molecule is COc1cn(CC(=O)NC2CCCCCC2)c(CN2CCOCC2)cc1=O. The first-order valence-electron chi connectivity index (χ1n) is 10.0. The minimum atomic E-state index is -0.152. The van der Waals surface area contributed by atoms with Crippen molar-refractivity contribution in [2.75, 3.05) is 33.4 Å². The molecule has 7 heteroatoms. The largest absolute Gasteiger partial charge is 0.491 e. The van der Waals surface area contributed by atoms with Gasteiger partial charge in [0.25, 0.3) is 0 Å². The molecule has 2 aliphatic rings. The highest BCUT2D eigenvalue weighted by Crippen LogP contribution is 2.17. The van der Waals surface area contributed by atoms with Gasteiger partial charge in [0.1, 0.15) is 6.54 Å². The molecule has 1 aromatic heterocycles. The van der Waals surface area contributed by atoms with Crippen LogP contribution in [0.4, 0.5) is 0 Å². The van der Waals surface area contributed by atoms with Crippen molar-refractivity contribution in [3.63, 3.8) is 0 Å². The Labute approximate surface area is 160 Å². The zero-order valence-corrected chi connectivity index (χ0v) is 16.2. The highest BCUT2D eigenvalue weighted by Gasteiger charge is 2.18. The molecule has 1 aliphatic heterocycles. The van der Waals surface area contributed by atoms with Crippen LogP contribution in [0.1, 0.15) is 44.2 Å². The van der Waals surface area contributed by atoms with Crippen molar-refractivity contribution in [2.24, 2.45) is 0 Å². The molecule has 1 N–H and O–H groups in total. The summed E-state index contributed by atoms with van der Waals surface area (Å²) in [5.74, 6) is 0.263. The topological polar surface area (TPSA) is 72.8 Å². The summed E-state index contributed by atoms with van der Waals surface area (Å²) in [6.07, 6.45) is 8.64. The second-order valence-electron chi connectivity index (χ2n) is 7.47. The van der Waals surface area contributed by atoms with E-state index in [-0.39, 0.29) is 29.7 Å². The Hall–Kier alpha value is -1.86. The summed E-state index contributed by atoms with van der Waals surface area (Å²) in [6, 6.07) is 1.86. The van der Waals surface area contributed by atoms with E-state index in [1.54, 1.807) is 12.3 Å². The molecule has 1 amide bonds. The van der Waals surface area contributed by atoms with Gasteiger partial charge in [0.15, 0.2) is 5.75 Å². The minimum Gasteiger partial charge on any atom is -0.491 e. The molecule has 2 fully saturated rings. The number of nitrogens with zero attached hydrogens (tertiary/aromatic N) is 2. The van der Waals surface area contributed by atoms with Crippen molar-refractivity contribution < 1.29 is 14.3 Å². The number of hydrogen-bond donors (Lipinski definition) is 1. The lowest BCUT2D eigenvalue weighted by molar-refractivity contribution is -0.122. The van der Waals surface area contributed by atoms with Crippen molar-refractivity contribution in [1.29, 1.82) is 0 Å². The highest BCUT2D eigenvalue weighted by atomic mass is 16.5. The van der Waals surface area contributed by atoms with E-state index in [0.29, 0.717) is 19.8 Å². The van der Waals surface area contributed by atoms with Gasteiger partial charge in [0.2, 0.25) is 11.3 Å². The van der Waals surface area contributed by atoms with Crippen LogP contribution in [0.2, 0.25) is 0 Å². The molecular weight excluding hydrogens is 346 g/mol. The summed E-state index contributed by atoms with van der Waals surface area (Å²) in [7, 11) is 1.48. The van der Waals surface area contributed by atoms with Crippen LogP contribution >= 0.6 is 0 Å². The molecule has 0 spiro atoms. The number of morpholine rings is 1. The van der Waals surface area contributed by atoms with Crippen molar-refractivity contribution in [1.82, 2.24) is 14.8 Å². The van der Waals surface area contributed by atoms with E-state index in [0.717, 1.165) is 31.6 Å². The molecule has 1 aliphatic carbocycles. The third kappa shape index (κ3) is 5.81. The first-order valence-corrected chi connectivity index (χ1v) is 10.0. The highest BCUT2D eigenvalue weighted by molar-refractivity contribution is 5.76. The van der Waals surface area contributed by atoms with Crippen molar-refractivity contribution >= 4 is 5.91 Å². The van der Waals surface area contributed by atoms with Crippen LogP contribution in [0.3, 0.4) is 0 Å². The van der Waals surface area contributed by atoms with Gasteiger partial charge in [-0.2, -0.15) is 0 Å². The Morgan fingerprint density at radius 1 is 1.22 bits per heavy atom. The standard InChI is InChI=1S/C20H31N3O4/c1-26-19-14-23(15-20(25)21-16-6-4-2-3-5-7-16)17(12-18(19)24)13-22-8-10-27-11-9-22/h12,14,16H,2-11,13,15H2,1H3,(H,21,25). The van der Waals surface area contributed by atoms with Gasteiger partial charge in [0, 0.05) is 37.4 Å². The normalized spacial score (nSPS) is 19.4. The average molecular weight is 377 g/mol. The zero-order valence-electron chi connectivity index (χ0n) is 16.2. The van der Waals surface area contributed by atoms with Crippen LogP contribution in [0.15, 0.2) is 17.1 Å². The number of rotatable bonds is 6. The predicted octanol–water partition coefficient (Wildman–Crippen LogP) is 1.53. The van der Waals surface area contributed by atoms with E-state index in [9.17, 15) is 9.59 Å². The number of aromatic nitrogens is 1. The molecule has 27 heavy (non-hydrogen) atoms. The lowest BCUT2D eigenvalue weighted by Gasteiger charge is -2.28. The first kappa shape index (κ1) is 19.9. The second-order valence-corrected chi connectivity index (χ2v) is 7.47. The second kappa shape index (κ2) is 9.90. The number of pyridine rings is 1. The smallest absolute Gasteiger partial charge is 0.240 e.